The maximum atomic E-state index is 11.6. The fraction of sp³-hybridized carbons (Fsp3) is 0.400. The smallest absolute Gasteiger partial charge is 0.383 e. The third-order valence-corrected chi connectivity index (χ3v) is 2.49. The summed E-state index contributed by atoms with van der Waals surface area (Å²) < 4.78 is 38.6. The topological polar surface area (TPSA) is 21.3 Å². The molecule has 16 heavy (non-hydrogen) atoms. The number of benzene rings is 1. The van der Waals surface area contributed by atoms with E-state index in [-0.39, 0.29) is 6.54 Å². The Morgan fingerprint density at radius 3 is 2.75 bits per heavy atom. The van der Waals surface area contributed by atoms with Gasteiger partial charge in [-0.1, -0.05) is 6.07 Å². The predicted molar refractivity (Wildman–Crippen MR) is 58.7 cm³/mol. The Balaban J connectivity index is 2.32. The van der Waals surface area contributed by atoms with Crippen LogP contribution >= 0.6 is 11.8 Å². The summed E-state index contributed by atoms with van der Waals surface area (Å²) in [4.78, 5) is 1.06. The summed E-state index contributed by atoms with van der Waals surface area (Å²) in [6.07, 6.45) is -2.62. The molecule has 0 radical (unpaired) electrons. The van der Waals surface area contributed by atoms with Gasteiger partial charge in [-0.15, -0.1) is 24.9 Å². The molecule has 0 atom stereocenters. The molecule has 0 unspecified atom stereocenters. The Morgan fingerprint density at radius 2 is 2.12 bits per heavy atom. The molecule has 0 bridgehead atoms. The van der Waals surface area contributed by atoms with Gasteiger partial charge in [0.1, 0.15) is 0 Å². The monoisotopic (exact) mass is 251 g/mol. The molecule has 0 spiro atoms. The first-order chi connectivity index (χ1) is 7.51. The summed E-state index contributed by atoms with van der Waals surface area (Å²) in [6, 6.07) is 7.45. The van der Waals surface area contributed by atoms with Crippen molar-refractivity contribution in [1.82, 2.24) is 0 Å². The molecule has 0 aliphatic rings. The summed E-state index contributed by atoms with van der Waals surface area (Å²) in [7, 11) is 0. The summed E-state index contributed by atoms with van der Waals surface area (Å²) in [5, 5.41) is 2.85. The standard InChI is InChI=1S/C10H12F3NOS/c1-16-9-4-2-3-8(7-9)14-5-6-15-10(11,12)13/h2-4,7,14H,5-6H2,1H3. The van der Waals surface area contributed by atoms with Gasteiger partial charge in [-0.3, -0.25) is 4.74 Å². The van der Waals surface area contributed by atoms with Gasteiger partial charge in [0.2, 0.25) is 0 Å². The van der Waals surface area contributed by atoms with Crippen LogP contribution in [0.25, 0.3) is 0 Å². The van der Waals surface area contributed by atoms with Crippen LogP contribution < -0.4 is 5.32 Å². The van der Waals surface area contributed by atoms with Crippen LogP contribution in [0.2, 0.25) is 0 Å². The van der Waals surface area contributed by atoms with Crippen molar-refractivity contribution >= 4 is 17.4 Å². The predicted octanol–water partition coefficient (Wildman–Crippen LogP) is 3.36. The molecule has 1 aromatic rings. The Bertz CT molecular complexity index is 330. The molecule has 0 heterocycles. The molecule has 1 aromatic carbocycles. The van der Waals surface area contributed by atoms with Gasteiger partial charge in [0.25, 0.3) is 0 Å². The van der Waals surface area contributed by atoms with E-state index in [9.17, 15) is 13.2 Å². The maximum Gasteiger partial charge on any atom is 0.522 e. The highest BCUT2D eigenvalue weighted by Crippen LogP contribution is 2.19. The molecule has 0 amide bonds. The number of halogens is 3. The quantitative estimate of drug-likeness (QED) is 0.640. The van der Waals surface area contributed by atoms with Gasteiger partial charge < -0.3 is 5.32 Å². The van der Waals surface area contributed by atoms with Gasteiger partial charge in [0.15, 0.2) is 0 Å². The minimum absolute atomic E-state index is 0.122. The van der Waals surface area contributed by atoms with Gasteiger partial charge >= 0.3 is 6.36 Å². The fourth-order valence-corrected chi connectivity index (χ4v) is 1.55. The Kier molecular flexibility index (Phi) is 4.95. The van der Waals surface area contributed by atoms with Crippen LogP contribution in [0.3, 0.4) is 0 Å². The molecule has 2 nitrogen and oxygen atoms in total. The third kappa shape index (κ3) is 5.27. The van der Waals surface area contributed by atoms with E-state index in [1.54, 1.807) is 17.8 Å². The highest BCUT2D eigenvalue weighted by Gasteiger charge is 2.28. The van der Waals surface area contributed by atoms with Gasteiger partial charge in [0.05, 0.1) is 6.61 Å². The van der Waals surface area contributed by atoms with Crippen molar-refractivity contribution in [1.29, 1.82) is 0 Å². The molecule has 90 valence electrons. The van der Waals surface area contributed by atoms with Crippen LogP contribution in [0.1, 0.15) is 0 Å². The second-order valence-corrected chi connectivity index (χ2v) is 3.83. The number of thioether (sulfide) groups is 1. The molecule has 0 aromatic heterocycles. The van der Waals surface area contributed by atoms with Crippen molar-refractivity contribution in [3.8, 4) is 0 Å². The lowest BCUT2D eigenvalue weighted by Gasteiger charge is -2.09. The number of ether oxygens (including phenoxy) is 1. The van der Waals surface area contributed by atoms with Crippen LogP contribution in [0, 0.1) is 0 Å². The lowest BCUT2D eigenvalue weighted by Crippen LogP contribution is -2.19. The number of hydrogen-bond donors (Lipinski definition) is 1. The van der Waals surface area contributed by atoms with E-state index < -0.39 is 13.0 Å². The number of nitrogens with one attached hydrogen (secondary N) is 1. The van der Waals surface area contributed by atoms with E-state index in [2.05, 4.69) is 10.1 Å². The van der Waals surface area contributed by atoms with E-state index in [1.165, 1.54) is 0 Å². The van der Waals surface area contributed by atoms with Gasteiger partial charge in [-0.25, -0.2) is 0 Å². The zero-order chi connectivity index (χ0) is 12.0. The largest absolute Gasteiger partial charge is 0.522 e. The van der Waals surface area contributed by atoms with Gasteiger partial charge in [0, 0.05) is 17.1 Å². The molecule has 0 saturated heterocycles. The lowest BCUT2D eigenvalue weighted by molar-refractivity contribution is -0.322. The lowest BCUT2D eigenvalue weighted by atomic mass is 10.3. The normalized spacial score (nSPS) is 11.5. The zero-order valence-corrected chi connectivity index (χ0v) is 9.49. The van der Waals surface area contributed by atoms with Crippen LogP contribution in [-0.4, -0.2) is 25.8 Å². The van der Waals surface area contributed by atoms with Gasteiger partial charge in [-0.05, 0) is 24.5 Å². The minimum Gasteiger partial charge on any atom is -0.383 e. The molecule has 0 saturated carbocycles. The van der Waals surface area contributed by atoms with Gasteiger partial charge in [-0.2, -0.15) is 0 Å². The molecular weight excluding hydrogens is 239 g/mol. The zero-order valence-electron chi connectivity index (χ0n) is 8.67. The number of hydrogen-bond acceptors (Lipinski definition) is 3. The Morgan fingerprint density at radius 1 is 1.38 bits per heavy atom. The van der Waals surface area contributed by atoms with Crippen molar-refractivity contribution in [3.63, 3.8) is 0 Å². The molecule has 0 fully saturated rings. The SMILES string of the molecule is CSc1cccc(NCCOC(F)(F)F)c1. The summed E-state index contributed by atoms with van der Waals surface area (Å²) in [5.74, 6) is 0. The van der Waals surface area contributed by atoms with E-state index in [1.807, 2.05) is 24.5 Å². The van der Waals surface area contributed by atoms with Crippen molar-refractivity contribution in [2.24, 2.45) is 0 Å². The average molecular weight is 251 g/mol. The molecule has 0 aliphatic carbocycles. The van der Waals surface area contributed by atoms with Crippen molar-refractivity contribution in [2.45, 2.75) is 11.3 Å². The van der Waals surface area contributed by atoms with E-state index >= 15 is 0 Å². The van der Waals surface area contributed by atoms with E-state index in [4.69, 9.17) is 0 Å². The average Bonchev–Trinajstić information content (AvgIpc) is 2.23. The molecule has 6 heteroatoms. The van der Waals surface area contributed by atoms with Crippen LogP contribution in [0.4, 0.5) is 18.9 Å². The maximum absolute atomic E-state index is 11.6. The molecule has 0 aliphatic heterocycles. The second kappa shape index (κ2) is 6.00. The van der Waals surface area contributed by atoms with Crippen LogP contribution in [-0.2, 0) is 4.74 Å². The summed E-state index contributed by atoms with van der Waals surface area (Å²) in [6.45, 7) is -0.273. The summed E-state index contributed by atoms with van der Waals surface area (Å²) in [5.41, 5.74) is 0.789. The minimum atomic E-state index is -4.55. The van der Waals surface area contributed by atoms with E-state index in [0.717, 1.165) is 10.6 Å². The molecular formula is C10H12F3NOS. The van der Waals surface area contributed by atoms with Crippen LogP contribution in [0.15, 0.2) is 29.2 Å². The Hall–Kier alpha value is -0.880. The number of anilines is 1. The number of alkyl halides is 3. The van der Waals surface area contributed by atoms with E-state index in [0.29, 0.717) is 0 Å². The third-order valence-electron chi connectivity index (χ3n) is 1.77. The first-order valence-electron chi connectivity index (χ1n) is 4.60. The highest BCUT2D eigenvalue weighted by molar-refractivity contribution is 7.98. The molecule has 1 N–H and O–H groups in total. The van der Waals surface area contributed by atoms with Crippen molar-refractivity contribution < 1.29 is 17.9 Å². The second-order valence-electron chi connectivity index (χ2n) is 2.95. The first-order valence-corrected chi connectivity index (χ1v) is 5.82. The van der Waals surface area contributed by atoms with Crippen LogP contribution in [0.5, 0.6) is 0 Å². The summed E-state index contributed by atoms with van der Waals surface area (Å²) >= 11 is 1.58. The number of rotatable bonds is 5. The molecule has 1 rings (SSSR count). The highest BCUT2D eigenvalue weighted by atomic mass is 32.2. The fourth-order valence-electron chi connectivity index (χ4n) is 1.10. The Labute approximate surface area is 96.2 Å². The van der Waals surface area contributed by atoms with Crippen molar-refractivity contribution in [2.75, 3.05) is 24.7 Å². The first kappa shape index (κ1) is 13.2. The van der Waals surface area contributed by atoms with Crippen molar-refractivity contribution in [3.05, 3.63) is 24.3 Å².